The molecule has 7 heteroatoms. The summed E-state index contributed by atoms with van der Waals surface area (Å²) in [6, 6.07) is 14.8. The molecule has 0 radical (unpaired) electrons. The molecule has 3 N–H and O–H groups in total. The molecule has 0 fully saturated rings. The smallest absolute Gasteiger partial charge is 0.321 e. The maximum absolute atomic E-state index is 12.6. The number of anilines is 2. The Morgan fingerprint density at radius 3 is 2.64 bits per heavy atom. The highest BCUT2D eigenvalue weighted by Crippen LogP contribution is 2.30. The Labute approximate surface area is 162 Å². The lowest BCUT2D eigenvalue weighted by molar-refractivity contribution is 0.102. The van der Waals surface area contributed by atoms with Crippen LogP contribution in [0.3, 0.4) is 0 Å². The first-order valence-electron chi connectivity index (χ1n) is 9.19. The van der Waals surface area contributed by atoms with Crippen molar-refractivity contribution in [1.29, 1.82) is 0 Å². The number of carbonyl (C=O) groups is 2. The molecular formula is C21H21N5O2. The molecule has 4 rings (SSSR count). The van der Waals surface area contributed by atoms with Crippen LogP contribution in [0.2, 0.25) is 0 Å². The summed E-state index contributed by atoms with van der Waals surface area (Å²) in [5.41, 5.74) is 5.13. The summed E-state index contributed by atoms with van der Waals surface area (Å²) >= 11 is 0. The first-order valence-corrected chi connectivity index (χ1v) is 9.19. The van der Waals surface area contributed by atoms with Crippen LogP contribution in [0, 0.1) is 0 Å². The molecule has 7 nitrogen and oxygen atoms in total. The number of carbonyl (C=O) groups excluding carboxylic acids is 2. The maximum atomic E-state index is 12.6. The summed E-state index contributed by atoms with van der Waals surface area (Å²) < 4.78 is 0. The van der Waals surface area contributed by atoms with Gasteiger partial charge in [0.05, 0.1) is 5.69 Å². The van der Waals surface area contributed by atoms with Gasteiger partial charge in [-0.1, -0.05) is 12.1 Å². The molecule has 1 aromatic heterocycles. The highest BCUT2D eigenvalue weighted by atomic mass is 16.2. The molecule has 0 saturated heterocycles. The SMILES string of the molecule is CNC(=O)N1CCCc2cc(NC(=O)c3ccc(-c4ccn[nH]4)cc3)ccc21. The van der Waals surface area contributed by atoms with E-state index in [1.807, 2.05) is 36.4 Å². The van der Waals surface area contributed by atoms with Crippen LogP contribution in [0.5, 0.6) is 0 Å². The number of fused-ring (bicyclic) bond motifs is 1. The number of H-pyrrole nitrogens is 1. The molecule has 0 aliphatic carbocycles. The van der Waals surface area contributed by atoms with Crippen molar-refractivity contribution in [3.8, 4) is 11.3 Å². The van der Waals surface area contributed by atoms with Crippen molar-refractivity contribution in [2.75, 3.05) is 23.8 Å². The fraction of sp³-hybridized carbons (Fsp3) is 0.190. The molecule has 28 heavy (non-hydrogen) atoms. The average Bonchev–Trinajstić information content (AvgIpc) is 3.27. The van der Waals surface area contributed by atoms with Gasteiger partial charge in [-0.3, -0.25) is 14.8 Å². The number of benzene rings is 2. The van der Waals surface area contributed by atoms with Gasteiger partial charge in [0.2, 0.25) is 0 Å². The van der Waals surface area contributed by atoms with Crippen LogP contribution in [0.15, 0.2) is 54.7 Å². The van der Waals surface area contributed by atoms with Gasteiger partial charge < -0.3 is 10.6 Å². The second-order valence-electron chi connectivity index (χ2n) is 6.66. The van der Waals surface area contributed by atoms with Gasteiger partial charge in [0, 0.05) is 36.7 Å². The third-order valence-electron chi connectivity index (χ3n) is 4.87. The van der Waals surface area contributed by atoms with Crippen LogP contribution in [0.1, 0.15) is 22.3 Å². The lowest BCUT2D eigenvalue weighted by atomic mass is 10.0. The van der Waals surface area contributed by atoms with E-state index in [1.54, 1.807) is 30.3 Å². The minimum atomic E-state index is -0.171. The van der Waals surface area contributed by atoms with E-state index in [9.17, 15) is 9.59 Å². The standard InChI is InChI=1S/C21H21N5O2/c1-22-21(28)26-12-2-3-16-13-17(8-9-19(16)26)24-20(27)15-6-4-14(5-7-15)18-10-11-23-25-18/h4-11,13H,2-3,12H2,1H3,(H,22,28)(H,23,25)(H,24,27). The lowest BCUT2D eigenvalue weighted by Gasteiger charge is -2.29. The van der Waals surface area contributed by atoms with Gasteiger partial charge in [0.15, 0.2) is 0 Å². The summed E-state index contributed by atoms with van der Waals surface area (Å²) in [4.78, 5) is 26.4. The molecule has 2 aromatic carbocycles. The van der Waals surface area contributed by atoms with Gasteiger partial charge in [-0.2, -0.15) is 5.10 Å². The average molecular weight is 375 g/mol. The fourth-order valence-electron chi connectivity index (χ4n) is 3.44. The Morgan fingerprint density at radius 1 is 1.11 bits per heavy atom. The van der Waals surface area contributed by atoms with Crippen LogP contribution in [-0.2, 0) is 6.42 Å². The quantitative estimate of drug-likeness (QED) is 0.655. The molecule has 1 aliphatic rings. The van der Waals surface area contributed by atoms with E-state index in [0.717, 1.165) is 41.0 Å². The Kier molecular flexibility index (Phi) is 4.80. The molecule has 0 saturated carbocycles. The number of hydrogen-bond acceptors (Lipinski definition) is 3. The fourth-order valence-corrected chi connectivity index (χ4v) is 3.44. The summed E-state index contributed by atoms with van der Waals surface area (Å²) in [5.74, 6) is -0.171. The van der Waals surface area contributed by atoms with Gasteiger partial charge in [0.1, 0.15) is 0 Å². The van der Waals surface area contributed by atoms with Crippen molar-refractivity contribution < 1.29 is 9.59 Å². The van der Waals surface area contributed by atoms with E-state index in [2.05, 4.69) is 20.8 Å². The van der Waals surface area contributed by atoms with Crippen molar-refractivity contribution in [1.82, 2.24) is 15.5 Å². The third-order valence-corrected chi connectivity index (χ3v) is 4.87. The first-order chi connectivity index (χ1) is 13.7. The van der Waals surface area contributed by atoms with Crippen molar-refractivity contribution in [3.63, 3.8) is 0 Å². The van der Waals surface area contributed by atoms with Crippen molar-refractivity contribution in [2.45, 2.75) is 12.8 Å². The molecular weight excluding hydrogens is 354 g/mol. The normalized spacial score (nSPS) is 13.0. The van der Waals surface area contributed by atoms with Gasteiger partial charge in [-0.15, -0.1) is 0 Å². The molecule has 1 aliphatic heterocycles. The molecule has 2 heterocycles. The number of aromatic nitrogens is 2. The van der Waals surface area contributed by atoms with E-state index in [1.165, 1.54) is 0 Å². The number of nitrogens with one attached hydrogen (secondary N) is 3. The monoisotopic (exact) mass is 375 g/mol. The second-order valence-corrected chi connectivity index (χ2v) is 6.66. The summed E-state index contributed by atoms with van der Waals surface area (Å²) in [7, 11) is 1.63. The van der Waals surface area contributed by atoms with E-state index < -0.39 is 0 Å². The van der Waals surface area contributed by atoms with Crippen LogP contribution < -0.4 is 15.5 Å². The number of hydrogen-bond donors (Lipinski definition) is 3. The lowest BCUT2D eigenvalue weighted by Crippen LogP contribution is -2.41. The van der Waals surface area contributed by atoms with E-state index in [-0.39, 0.29) is 11.9 Å². The number of aryl methyl sites for hydroxylation is 1. The zero-order valence-corrected chi connectivity index (χ0v) is 15.5. The number of urea groups is 1. The van der Waals surface area contributed by atoms with Gasteiger partial charge in [-0.25, -0.2) is 4.79 Å². The van der Waals surface area contributed by atoms with Gasteiger partial charge in [-0.05, 0) is 60.4 Å². The molecule has 0 atom stereocenters. The first kappa shape index (κ1) is 17.8. The Balaban J connectivity index is 1.50. The number of aromatic amines is 1. The molecule has 0 spiro atoms. The van der Waals surface area contributed by atoms with E-state index in [4.69, 9.17) is 0 Å². The zero-order valence-electron chi connectivity index (χ0n) is 15.5. The Hall–Kier alpha value is -3.61. The minimum Gasteiger partial charge on any atom is -0.341 e. The minimum absolute atomic E-state index is 0.116. The summed E-state index contributed by atoms with van der Waals surface area (Å²) in [6.45, 7) is 0.695. The Bertz CT molecular complexity index is 996. The molecule has 0 bridgehead atoms. The summed E-state index contributed by atoms with van der Waals surface area (Å²) in [6.07, 6.45) is 3.47. The summed E-state index contributed by atoms with van der Waals surface area (Å²) in [5, 5.41) is 12.5. The number of nitrogens with zero attached hydrogens (tertiary/aromatic N) is 2. The predicted molar refractivity (Wildman–Crippen MR) is 109 cm³/mol. The van der Waals surface area contributed by atoms with Gasteiger partial charge in [0.25, 0.3) is 5.91 Å². The van der Waals surface area contributed by atoms with Crippen molar-refractivity contribution >= 4 is 23.3 Å². The second kappa shape index (κ2) is 7.56. The molecule has 0 unspecified atom stereocenters. The number of rotatable bonds is 3. The molecule has 3 aromatic rings. The molecule has 142 valence electrons. The van der Waals surface area contributed by atoms with Gasteiger partial charge >= 0.3 is 6.03 Å². The van der Waals surface area contributed by atoms with E-state index >= 15 is 0 Å². The predicted octanol–water partition coefficient (Wildman–Crippen LogP) is 3.42. The Morgan fingerprint density at radius 2 is 1.93 bits per heavy atom. The largest absolute Gasteiger partial charge is 0.341 e. The molecule has 3 amide bonds. The van der Waals surface area contributed by atoms with Crippen LogP contribution in [0.4, 0.5) is 16.2 Å². The van der Waals surface area contributed by atoms with E-state index in [0.29, 0.717) is 12.1 Å². The third kappa shape index (κ3) is 3.46. The van der Waals surface area contributed by atoms with Crippen LogP contribution in [0.25, 0.3) is 11.3 Å². The highest BCUT2D eigenvalue weighted by molar-refractivity contribution is 6.04. The van der Waals surface area contributed by atoms with Crippen molar-refractivity contribution in [2.24, 2.45) is 0 Å². The van der Waals surface area contributed by atoms with Crippen molar-refractivity contribution in [3.05, 3.63) is 65.9 Å². The van der Waals surface area contributed by atoms with Crippen LogP contribution >= 0.6 is 0 Å². The maximum Gasteiger partial charge on any atom is 0.321 e. The highest BCUT2D eigenvalue weighted by Gasteiger charge is 2.22. The topological polar surface area (TPSA) is 90.1 Å². The zero-order chi connectivity index (χ0) is 19.5. The van der Waals surface area contributed by atoms with Crippen LogP contribution in [-0.4, -0.2) is 35.7 Å². The number of amides is 3.